The summed E-state index contributed by atoms with van der Waals surface area (Å²) in [7, 11) is 3.10. The molecule has 2 N–H and O–H groups in total. The lowest BCUT2D eigenvalue weighted by Gasteiger charge is -2.04. The first-order chi connectivity index (χ1) is 16.1. The van der Waals surface area contributed by atoms with Gasteiger partial charge in [-0.05, 0) is 49.9 Å². The number of hydrogen-bond donors (Lipinski definition) is 2. The van der Waals surface area contributed by atoms with E-state index in [1.807, 2.05) is 0 Å². The molecule has 0 aliphatic carbocycles. The van der Waals surface area contributed by atoms with Crippen LogP contribution in [-0.4, -0.2) is 50.1 Å². The van der Waals surface area contributed by atoms with E-state index >= 15 is 0 Å². The molecule has 33 heavy (non-hydrogen) atoms. The topological polar surface area (TPSA) is 102 Å². The number of hydrogen-bond acceptors (Lipinski definition) is 8. The standard InChI is InChI=1S/C25H34N2O6/c1-30-22-12-10-20(24(28)16-22)18-26-32-14-8-6-4-3-5-7-9-15-33-27-19-21-11-13-23(31-2)17-25(21)29/h10-13,16-19,28-29H,3-9,14-15H2,1-2H3/b26-18+,27-19+. The smallest absolute Gasteiger partial charge is 0.128 e. The number of phenolic OH excluding ortho intramolecular Hbond substituents is 2. The van der Waals surface area contributed by atoms with Crippen molar-refractivity contribution < 1.29 is 29.4 Å². The Balaban J connectivity index is 1.42. The molecule has 0 aromatic heterocycles. The molecule has 0 saturated carbocycles. The van der Waals surface area contributed by atoms with E-state index in [9.17, 15) is 10.2 Å². The van der Waals surface area contributed by atoms with Gasteiger partial charge >= 0.3 is 0 Å². The van der Waals surface area contributed by atoms with E-state index in [0.29, 0.717) is 35.8 Å². The van der Waals surface area contributed by atoms with Gasteiger partial charge in [0, 0.05) is 23.3 Å². The van der Waals surface area contributed by atoms with Gasteiger partial charge < -0.3 is 29.4 Å². The van der Waals surface area contributed by atoms with Gasteiger partial charge in [0.2, 0.25) is 0 Å². The fraction of sp³-hybridized carbons (Fsp3) is 0.440. The number of nitrogens with zero attached hydrogens (tertiary/aromatic N) is 2. The third kappa shape index (κ3) is 10.2. The number of unbranched alkanes of at least 4 members (excludes halogenated alkanes) is 6. The summed E-state index contributed by atoms with van der Waals surface area (Å²) < 4.78 is 10.1. The van der Waals surface area contributed by atoms with Crippen LogP contribution in [0.3, 0.4) is 0 Å². The molecule has 0 bridgehead atoms. The molecule has 0 fully saturated rings. The van der Waals surface area contributed by atoms with Gasteiger partial charge in [0.15, 0.2) is 0 Å². The predicted molar refractivity (Wildman–Crippen MR) is 129 cm³/mol. The number of oxime groups is 2. The molecule has 0 atom stereocenters. The summed E-state index contributed by atoms with van der Waals surface area (Å²) in [6, 6.07) is 10.0. The van der Waals surface area contributed by atoms with Gasteiger partial charge in [0.25, 0.3) is 0 Å². The molecule has 180 valence electrons. The zero-order chi connectivity index (χ0) is 23.7. The third-order valence-corrected chi connectivity index (χ3v) is 4.98. The highest BCUT2D eigenvalue weighted by Crippen LogP contribution is 2.22. The third-order valence-electron chi connectivity index (χ3n) is 4.98. The van der Waals surface area contributed by atoms with Crippen molar-refractivity contribution in [2.75, 3.05) is 27.4 Å². The van der Waals surface area contributed by atoms with Gasteiger partial charge in [-0.2, -0.15) is 0 Å². The van der Waals surface area contributed by atoms with Gasteiger partial charge in [-0.1, -0.05) is 29.6 Å². The summed E-state index contributed by atoms with van der Waals surface area (Å²) >= 11 is 0. The van der Waals surface area contributed by atoms with Crippen molar-refractivity contribution in [3.05, 3.63) is 47.5 Å². The molecule has 8 nitrogen and oxygen atoms in total. The number of phenols is 2. The van der Waals surface area contributed by atoms with Gasteiger partial charge in [0.1, 0.15) is 36.2 Å². The average Bonchev–Trinajstić information content (AvgIpc) is 2.83. The van der Waals surface area contributed by atoms with Crippen LogP contribution in [0.25, 0.3) is 0 Å². The van der Waals surface area contributed by atoms with E-state index in [4.69, 9.17) is 19.1 Å². The Morgan fingerprint density at radius 3 is 1.39 bits per heavy atom. The van der Waals surface area contributed by atoms with Crippen LogP contribution in [0.1, 0.15) is 56.1 Å². The van der Waals surface area contributed by atoms with Crippen molar-refractivity contribution in [1.29, 1.82) is 0 Å². The molecule has 0 spiro atoms. The lowest BCUT2D eigenvalue weighted by molar-refractivity contribution is 0.139. The molecule has 8 heteroatoms. The molecule has 0 aliphatic heterocycles. The van der Waals surface area contributed by atoms with Crippen molar-refractivity contribution in [3.63, 3.8) is 0 Å². The van der Waals surface area contributed by atoms with E-state index in [-0.39, 0.29) is 11.5 Å². The molecule has 0 unspecified atom stereocenters. The number of ether oxygens (including phenoxy) is 2. The minimum atomic E-state index is 0.107. The molecule has 0 saturated heterocycles. The summed E-state index contributed by atoms with van der Waals surface area (Å²) in [4.78, 5) is 10.5. The van der Waals surface area contributed by atoms with Crippen LogP contribution in [0.15, 0.2) is 46.7 Å². The van der Waals surface area contributed by atoms with Gasteiger partial charge in [-0.3, -0.25) is 0 Å². The van der Waals surface area contributed by atoms with Crippen molar-refractivity contribution in [2.45, 2.75) is 44.9 Å². The number of benzene rings is 2. The largest absolute Gasteiger partial charge is 0.507 e. The van der Waals surface area contributed by atoms with E-state index in [1.54, 1.807) is 38.5 Å². The van der Waals surface area contributed by atoms with Crippen LogP contribution in [-0.2, 0) is 9.68 Å². The van der Waals surface area contributed by atoms with Gasteiger partial charge in [-0.15, -0.1) is 0 Å². The highest BCUT2D eigenvalue weighted by atomic mass is 16.6. The summed E-state index contributed by atoms with van der Waals surface area (Å²) in [5.41, 5.74) is 1.17. The maximum Gasteiger partial charge on any atom is 0.128 e. The molecule has 0 aliphatic rings. The highest BCUT2D eigenvalue weighted by molar-refractivity contribution is 5.83. The Bertz CT molecular complexity index is 814. The summed E-state index contributed by atoms with van der Waals surface area (Å²) in [6.45, 7) is 1.12. The Labute approximate surface area is 195 Å². The zero-order valence-corrected chi connectivity index (χ0v) is 19.4. The van der Waals surface area contributed by atoms with Crippen LogP contribution < -0.4 is 9.47 Å². The quantitative estimate of drug-likeness (QED) is 0.202. The van der Waals surface area contributed by atoms with Crippen LogP contribution in [0.4, 0.5) is 0 Å². The monoisotopic (exact) mass is 458 g/mol. The van der Waals surface area contributed by atoms with E-state index < -0.39 is 0 Å². The Morgan fingerprint density at radius 2 is 1.03 bits per heavy atom. The fourth-order valence-electron chi connectivity index (χ4n) is 3.03. The Kier molecular flexibility index (Phi) is 12.1. The first-order valence-corrected chi connectivity index (χ1v) is 11.2. The minimum absolute atomic E-state index is 0.107. The SMILES string of the molecule is COc1ccc(/C=N/OCCCCCCCCCO/N=C/c2ccc(OC)cc2O)c(O)c1. The number of aromatic hydroxyl groups is 2. The molecule has 0 amide bonds. The van der Waals surface area contributed by atoms with E-state index in [1.165, 1.54) is 31.0 Å². The Morgan fingerprint density at radius 1 is 0.636 bits per heavy atom. The first kappa shape index (κ1) is 25.8. The molecular formula is C25H34N2O6. The van der Waals surface area contributed by atoms with Crippen LogP contribution in [0.5, 0.6) is 23.0 Å². The molecule has 2 aromatic rings. The van der Waals surface area contributed by atoms with Crippen molar-refractivity contribution in [3.8, 4) is 23.0 Å². The van der Waals surface area contributed by atoms with Gasteiger partial charge in [-0.25, -0.2) is 0 Å². The molecular weight excluding hydrogens is 424 g/mol. The second-order valence-electron chi connectivity index (χ2n) is 7.46. The molecule has 2 aromatic carbocycles. The lowest BCUT2D eigenvalue weighted by Crippen LogP contribution is -1.92. The predicted octanol–water partition coefficient (Wildman–Crippen LogP) is 5.25. The lowest BCUT2D eigenvalue weighted by atomic mass is 10.1. The van der Waals surface area contributed by atoms with Crippen molar-refractivity contribution in [1.82, 2.24) is 0 Å². The average molecular weight is 459 g/mol. The van der Waals surface area contributed by atoms with Crippen LogP contribution >= 0.6 is 0 Å². The first-order valence-electron chi connectivity index (χ1n) is 11.2. The van der Waals surface area contributed by atoms with Gasteiger partial charge in [0.05, 0.1) is 26.6 Å². The van der Waals surface area contributed by atoms with E-state index in [0.717, 1.165) is 38.5 Å². The summed E-state index contributed by atoms with van der Waals surface area (Å²) in [6.07, 6.45) is 10.6. The van der Waals surface area contributed by atoms with Crippen molar-refractivity contribution in [2.24, 2.45) is 10.3 Å². The zero-order valence-electron chi connectivity index (χ0n) is 19.4. The summed E-state index contributed by atoms with van der Waals surface area (Å²) in [5.74, 6) is 1.40. The molecule has 2 rings (SSSR count). The highest BCUT2D eigenvalue weighted by Gasteiger charge is 2.01. The normalized spacial score (nSPS) is 11.2. The van der Waals surface area contributed by atoms with Crippen LogP contribution in [0.2, 0.25) is 0 Å². The minimum Gasteiger partial charge on any atom is -0.507 e. The molecule has 0 heterocycles. The second kappa shape index (κ2) is 15.4. The maximum atomic E-state index is 9.85. The Hall–Kier alpha value is -3.42. The van der Waals surface area contributed by atoms with E-state index in [2.05, 4.69) is 10.3 Å². The van der Waals surface area contributed by atoms with Crippen molar-refractivity contribution >= 4 is 12.4 Å². The fourth-order valence-corrected chi connectivity index (χ4v) is 3.03. The number of rotatable bonds is 16. The maximum absolute atomic E-state index is 9.85. The molecule has 0 radical (unpaired) electrons. The number of methoxy groups -OCH3 is 2. The second-order valence-corrected chi connectivity index (χ2v) is 7.46. The summed E-state index contributed by atoms with van der Waals surface area (Å²) in [5, 5.41) is 27.5. The van der Waals surface area contributed by atoms with Crippen LogP contribution in [0, 0.1) is 0 Å².